The Morgan fingerprint density at radius 1 is 1.33 bits per heavy atom. The van der Waals surface area contributed by atoms with E-state index in [0.29, 0.717) is 18.8 Å². The van der Waals surface area contributed by atoms with E-state index in [1.807, 2.05) is 18.2 Å². The maximum absolute atomic E-state index is 5.72. The van der Waals surface area contributed by atoms with Crippen molar-refractivity contribution in [1.82, 2.24) is 5.48 Å². The molecule has 1 aromatic carbocycles. The molecule has 2 atom stereocenters. The molecule has 0 aliphatic carbocycles. The summed E-state index contributed by atoms with van der Waals surface area (Å²) >= 11 is 0. The van der Waals surface area contributed by atoms with Crippen LogP contribution in [0.1, 0.15) is 38.2 Å². The van der Waals surface area contributed by atoms with Crippen LogP contribution in [0, 0.1) is 0 Å². The quantitative estimate of drug-likeness (QED) is 0.786. The van der Waals surface area contributed by atoms with Crippen molar-refractivity contribution in [2.45, 2.75) is 51.4 Å². The summed E-state index contributed by atoms with van der Waals surface area (Å²) in [5, 5.41) is 0. The van der Waals surface area contributed by atoms with E-state index in [0.717, 1.165) is 25.9 Å². The van der Waals surface area contributed by atoms with Gasteiger partial charge in [0.15, 0.2) is 0 Å². The maximum atomic E-state index is 5.72. The fourth-order valence-corrected chi connectivity index (χ4v) is 2.33. The Labute approximate surface area is 109 Å². The summed E-state index contributed by atoms with van der Waals surface area (Å²) in [6.45, 7) is 3.67. The molecule has 3 nitrogen and oxygen atoms in total. The lowest BCUT2D eigenvalue weighted by molar-refractivity contribution is -0.0595. The molecule has 0 saturated carbocycles. The lowest BCUT2D eigenvalue weighted by Gasteiger charge is -2.29. The minimum absolute atomic E-state index is 0.404. The first-order valence-corrected chi connectivity index (χ1v) is 6.91. The smallest absolute Gasteiger partial charge is 0.0933 e. The van der Waals surface area contributed by atoms with Crippen molar-refractivity contribution in [2.24, 2.45) is 0 Å². The number of rotatable bonds is 6. The van der Waals surface area contributed by atoms with E-state index in [9.17, 15) is 0 Å². The summed E-state index contributed by atoms with van der Waals surface area (Å²) in [4.78, 5) is 5.58. The Morgan fingerprint density at radius 2 is 2.17 bits per heavy atom. The van der Waals surface area contributed by atoms with Crippen LogP contribution in [0.5, 0.6) is 0 Å². The van der Waals surface area contributed by atoms with Gasteiger partial charge in [-0.05, 0) is 24.8 Å². The number of hydroxylamine groups is 1. The Hall–Kier alpha value is -0.900. The molecule has 1 N–H and O–H groups in total. The molecule has 0 bridgehead atoms. The number of hydrogen-bond acceptors (Lipinski definition) is 3. The first-order chi connectivity index (χ1) is 8.88. The van der Waals surface area contributed by atoms with E-state index in [4.69, 9.17) is 9.57 Å². The monoisotopic (exact) mass is 249 g/mol. The predicted molar refractivity (Wildman–Crippen MR) is 72.0 cm³/mol. The SMILES string of the molecule is CCCC1CC(NOCc2ccccc2)CCO1. The largest absolute Gasteiger partial charge is 0.378 e. The lowest BCUT2D eigenvalue weighted by atomic mass is 10.0. The van der Waals surface area contributed by atoms with Crippen molar-refractivity contribution in [2.75, 3.05) is 6.61 Å². The van der Waals surface area contributed by atoms with Gasteiger partial charge in [-0.15, -0.1) is 0 Å². The third kappa shape index (κ3) is 4.41. The number of benzene rings is 1. The zero-order chi connectivity index (χ0) is 12.6. The molecule has 100 valence electrons. The average molecular weight is 249 g/mol. The first kappa shape index (κ1) is 13.5. The van der Waals surface area contributed by atoms with Gasteiger partial charge in [0.1, 0.15) is 0 Å². The zero-order valence-corrected chi connectivity index (χ0v) is 11.1. The maximum Gasteiger partial charge on any atom is 0.0933 e. The van der Waals surface area contributed by atoms with Crippen molar-refractivity contribution >= 4 is 0 Å². The van der Waals surface area contributed by atoms with E-state index >= 15 is 0 Å². The zero-order valence-electron chi connectivity index (χ0n) is 11.1. The molecule has 0 spiro atoms. The van der Waals surface area contributed by atoms with Crippen LogP contribution >= 0.6 is 0 Å². The van der Waals surface area contributed by atoms with E-state index < -0.39 is 0 Å². The summed E-state index contributed by atoms with van der Waals surface area (Å²) in [6, 6.07) is 10.7. The highest BCUT2D eigenvalue weighted by Gasteiger charge is 2.21. The van der Waals surface area contributed by atoms with Crippen LogP contribution in [-0.2, 0) is 16.2 Å². The van der Waals surface area contributed by atoms with Gasteiger partial charge < -0.3 is 4.74 Å². The molecule has 1 heterocycles. The molecule has 1 aliphatic rings. The molecule has 0 radical (unpaired) electrons. The van der Waals surface area contributed by atoms with Crippen molar-refractivity contribution in [3.63, 3.8) is 0 Å². The lowest BCUT2D eigenvalue weighted by Crippen LogP contribution is -2.38. The molecule has 18 heavy (non-hydrogen) atoms. The van der Waals surface area contributed by atoms with Gasteiger partial charge in [0.25, 0.3) is 0 Å². The second-order valence-corrected chi connectivity index (χ2v) is 4.89. The highest BCUT2D eigenvalue weighted by molar-refractivity contribution is 5.13. The minimum atomic E-state index is 0.404. The third-order valence-electron chi connectivity index (χ3n) is 3.31. The van der Waals surface area contributed by atoms with E-state index in [1.54, 1.807) is 0 Å². The van der Waals surface area contributed by atoms with Gasteiger partial charge in [-0.2, -0.15) is 5.48 Å². The summed E-state index contributed by atoms with van der Waals surface area (Å²) < 4.78 is 5.72. The van der Waals surface area contributed by atoms with Crippen molar-refractivity contribution in [1.29, 1.82) is 0 Å². The van der Waals surface area contributed by atoms with Gasteiger partial charge in [0.05, 0.1) is 12.7 Å². The molecule has 0 amide bonds. The van der Waals surface area contributed by atoms with Crippen LogP contribution in [0.3, 0.4) is 0 Å². The third-order valence-corrected chi connectivity index (χ3v) is 3.31. The van der Waals surface area contributed by atoms with Gasteiger partial charge in [-0.25, -0.2) is 0 Å². The molecular formula is C15H23NO2. The molecule has 1 fully saturated rings. The van der Waals surface area contributed by atoms with Gasteiger partial charge in [0.2, 0.25) is 0 Å². The highest BCUT2D eigenvalue weighted by atomic mass is 16.6. The van der Waals surface area contributed by atoms with Crippen LogP contribution in [0.4, 0.5) is 0 Å². The average Bonchev–Trinajstić information content (AvgIpc) is 2.41. The van der Waals surface area contributed by atoms with Crippen LogP contribution in [0.2, 0.25) is 0 Å². The van der Waals surface area contributed by atoms with E-state index in [2.05, 4.69) is 24.5 Å². The molecule has 1 aromatic rings. The fraction of sp³-hybridized carbons (Fsp3) is 0.600. The fourth-order valence-electron chi connectivity index (χ4n) is 2.33. The molecule has 0 aromatic heterocycles. The normalized spacial score (nSPS) is 24.1. The van der Waals surface area contributed by atoms with E-state index in [-0.39, 0.29) is 0 Å². The molecule has 3 heteroatoms. The van der Waals surface area contributed by atoms with Crippen LogP contribution in [0.25, 0.3) is 0 Å². The Bertz CT molecular complexity index is 327. The van der Waals surface area contributed by atoms with Gasteiger partial charge in [-0.1, -0.05) is 43.7 Å². The van der Waals surface area contributed by atoms with Crippen LogP contribution < -0.4 is 5.48 Å². The van der Waals surface area contributed by atoms with Gasteiger partial charge in [0, 0.05) is 12.6 Å². The van der Waals surface area contributed by atoms with E-state index in [1.165, 1.54) is 12.0 Å². The molecule has 2 unspecified atom stereocenters. The predicted octanol–water partition coefficient (Wildman–Crippen LogP) is 3.06. The van der Waals surface area contributed by atoms with Crippen molar-refractivity contribution < 1.29 is 9.57 Å². The highest BCUT2D eigenvalue weighted by Crippen LogP contribution is 2.17. The standard InChI is InChI=1S/C15H23NO2/c1-2-6-15-11-14(9-10-17-15)16-18-12-13-7-4-3-5-8-13/h3-5,7-8,14-16H,2,6,9-12H2,1H3. The van der Waals surface area contributed by atoms with Gasteiger partial charge >= 0.3 is 0 Å². The summed E-state index contributed by atoms with van der Waals surface area (Å²) in [5.74, 6) is 0. The second-order valence-electron chi connectivity index (χ2n) is 4.89. The summed E-state index contributed by atoms with van der Waals surface area (Å²) in [6.07, 6.45) is 4.83. The van der Waals surface area contributed by atoms with Crippen molar-refractivity contribution in [3.05, 3.63) is 35.9 Å². The number of nitrogens with one attached hydrogen (secondary N) is 1. The number of ether oxygens (including phenoxy) is 1. The molecule has 1 saturated heterocycles. The molecule has 2 rings (SSSR count). The van der Waals surface area contributed by atoms with Crippen molar-refractivity contribution in [3.8, 4) is 0 Å². The minimum Gasteiger partial charge on any atom is -0.378 e. The first-order valence-electron chi connectivity index (χ1n) is 6.91. The second kappa shape index (κ2) is 7.52. The molecule has 1 aliphatic heterocycles. The summed E-state index contributed by atoms with van der Waals surface area (Å²) in [7, 11) is 0. The molecular weight excluding hydrogens is 226 g/mol. The summed E-state index contributed by atoms with van der Waals surface area (Å²) in [5.41, 5.74) is 4.37. The topological polar surface area (TPSA) is 30.5 Å². The Kier molecular flexibility index (Phi) is 5.65. The van der Waals surface area contributed by atoms with Crippen LogP contribution in [-0.4, -0.2) is 18.8 Å². The Morgan fingerprint density at radius 3 is 2.94 bits per heavy atom. The number of hydrogen-bond donors (Lipinski definition) is 1. The Balaban J connectivity index is 1.67. The van der Waals surface area contributed by atoms with Crippen LogP contribution in [0.15, 0.2) is 30.3 Å². The van der Waals surface area contributed by atoms with Gasteiger partial charge in [-0.3, -0.25) is 4.84 Å².